The highest BCUT2D eigenvalue weighted by molar-refractivity contribution is 5.99. The zero-order valence-electron chi connectivity index (χ0n) is 13.0. The summed E-state index contributed by atoms with van der Waals surface area (Å²) in [6.07, 6.45) is 1.11. The van der Waals surface area contributed by atoms with Crippen LogP contribution < -0.4 is 5.32 Å². The maximum Gasteiger partial charge on any atom is 0.256 e. The minimum absolute atomic E-state index is 0.0948. The Morgan fingerprint density at radius 2 is 2.00 bits per heavy atom. The van der Waals surface area contributed by atoms with E-state index < -0.39 is 0 Å². The molecule has 1 atom stereocenters. The number of amides is 1. The van der Waals surface area contributed by atoms with E-state index in [1.54, 1.807) is 19.2 Å². The van der Waals surface area contributed by atoms with Gasteiger partial charge in [0.25, 0.3) is 5.91 Å². The van der Waals surface area contributed by atoms with Crippen molar-refractivity contribution in [1.29, 1.82) is 0 Å². The number of halogens is 1. The van der Waals surface area contributed by atoms with Gasteiger partial charge in [0.05, 0.1) is 11.3 Å². The van der Waals surface area contributed by atoms with Crippen LogP contribution in [0.15, 0.2) is 18.2 Å². The van der Waals surface area contributed by atoms with Crippen molar-refractivity contribution < 1.29 is 9.18 Å². The summed E-state index contributed by atoms with van der Waals surface area (Å²) < 4.78 is 13.8. The predicted octanol–water partition coefficient (Wildman–Crippen LogP) is 2.42. The predicted molar refractivity (Wildman–Crippen MR) is 83.2 cm³/mol. The van der Waals surface area contributed by atoms with Gasteiger partial charge in [0.1, 0.15) is 5.82 Å². The summed E-state index contributed by atoms with van der Waals surface area (Å²) in [4.78, 5) is 16.8. The van der Waals surface area contributed by atoms with Gasteiger partial charge in [0.15, 0.2) is 0 Å². The minimum atomic E-state index is -0.387. The van der Waals surface area contributed by atoms with E-state index in [1.165, 1.54) is 6.07 Å². The molecular weight excluding hydrogens is 269 g/mol. The number of hydrogen-bond donors (Lipinski definition) is 1. The van der Waals surface area contributed by atoms with Crippen LogP contribution in [-0.2, 0) is 0 Å². The number of nitrogens with one attached hydrogen (secondary N) is 1. The number of piperazine rings is 1. The molecule has 1 aromatic rings. The second-order valence-corrected chi connectivity index (χ2v) is 5.50. The zero-order chi connectivity index (χ0) is 15.4. The number of nitrogens with zero attached hydrogens (tertiary/aromatic N) is 2. The molecule has 1 unspecified atom stereocenters. The van der Waals surface area contributed by atoms with Gasteiger partial charge in [-0.15, -0.1) is 0 Å². The molecule has 116 valence electrons. The maximum absolute atomic E-state index is 13.8. The van der Waals surface area contributed by atoms with Gasteiger partial charge in [-0.25, -0.2) is 4.39 Å². The first-order valence-electron chi connectivity index (χ1n) is 7.58. The molecule has 0 spiro atoms. The molecule has 0 aliphatic carbocycles. The molecule has 0 aromatic heterocycles. The van der Waals surface area contributed by atoms with Crippen LogP contribution in [0, 0.1) is 5.82 Å². The van der Waals surface area contributed by atoms with Crippen molar-refractivity contribution in [2.45, 2.75) is 26.3 Å². The molecule has 0 bridgehead atoms. The lowest BCUT2D eigenvalue weighted by Gasteiger charge is -2.38. The summed E-state index contributed by atoms with van der Waals surface area (Å²) in [6.45, 7) is 7.54. The van der Waals surface area contributed by atoms with E-state index in [2.05, 4.69) is 24.1 Å². The summed E-state index contributed by atoms with van der Waals surface area (Å²) in [5.74, 6) is -0.482. The number of benzene rings is 1. The van der Waals surface area contributed by atoms with Gasteiger partial charge in [0, 0.05) is 39.3 Å². The standard InChI is InChI=1S/C16H24FN3O/c1-4-12(2)19-8-10-20(11-9-19)16(21)13-6-5-7-14(17)15(13)18-3/h5-7,12,18H,4,8-11H2,1-3H3. The van der Waals surface area contributed by atoms with E-state index in [9.17, 15) is 9.18 Å². The van der Waals surface area contributed by atoms with Crippen molar-refractivity contribution in [3.05, 3.63) is 29.6 Å². The molecule has 0 radical (unpaired) electrons. The monoisotopic (exact) mass is 293 g/mol. The van der Waals surface area contributed by atoms with Gasteiger partial charge in [-0.1, -0.05) is 13.0 Å². The third kappa shape index (κ3) is 3.35. The fourth-order valence-corrected chi connectivity index (χ4v) is 2.75. The quantitative estimate of drug-likeness (QED) is 0.926. The van der Waals surface area contributed by atoms with Crippen LogP contribution in [0.25, 0.3) is 0 Å². The Hall–Kier alpha value is -1.62. The van der Waals surface area contributed by atoms with Crippen LogP contribution in [-0.4, -0.2) is 55.0 Å². The molecule has 1 amide bonds. The van der Waals surface area contributed by atoms with E-state index in [4.69, 9.17) is 0 Å². The average Bonchev–Trinajstić information content (AvgIpc) is 2.53. The normalized spacial score (nSPS) is 17.6. The van der Waals surface area contributed by atoms with Crippen LogP contribution >= 0.6 is 0 Å². The summed E-state index contributed by atoms with van der Waals surface area (Å²) in [5, 5.41) is 2.79. The van der Waals surface area contributed by atoms with E-state index in [0.717, 1.165) is 19.5 Å². The Morgan fingerprint density at radius 1 is 1.33 bits per heavy atom. The van der Waals surface area contributed by atoms with Crippen LogP contribution in [0.4, 0.5) is 10.1 Å². The highest BCUT2D eigenvalue weighted by Gasteiger charge is 2.26. The number of rotatable bonds is 4. The molecule has 1 fully saturated rings. The van der Waals surface area contributed by atoms with E-state index in [1.807, 2.05) is 4.90 Å². The molecule has 1 heterocycles. The van der Waals surface area contributed by atoms with Gasteiger partial charge < -0.3 is 10.2 Å². The first kappa shape index (κ1) is 15.8. The van der Waals surface area contributed by atoms with Crippen molar-refractivity contribution in [2.24, 2.45) is 0 Å². The van der Waals surface area contributed by atoms with Gasteiger partial charge in [-0.05, 0) is 25.5 Å². The summed E-state index contributed by atoms with van der Waals surface area (Å²) in [5.41, 5.74) is 0.696. The SMILES string of the molecule is CCC(C)N1CCN(C(=O)c2cccc(F)c2NC)CC1. The fourth-order valence-electron chi connectivity index (χ4n) is 2.75. The third-order valence-electron chi connectivity index (χ3n) is 4.31. The zero-order valence-corrected chi connectivity index (χ0v) is 13.0. The number of para-hydroxylation sites is 1. The van der Waals surface area contributed by atoms with Crippen LogP contribution in [0.2, 0.25) is 0 Å². The van der Waals surface area contributed by atoms with Crippen molar-refractivity contribution in [3.8, 4) is 0 Å². The Balaban J connectivity index is 2.07. The molecule has 21 heavy (non-hydrogen) atoms. The van der Waals surface area contributed by atoms with Gasteiger partial charge in [0.2, 0.25) is 0 Å². The smallest absolute Gasteiger partial charge is 0.256 e. The molecule has 1 aromatic carbocycles. The molecule has 1 aliphatic heterocycles. The summed E-state index contributed by atoms with van der Waals surface area (Å²) >= 11 is 0. The molecule has 1 N–H and O–H groups in total. The molecule has 1 aliphatic rings. The highest BCUT2D eigenvalue weighted by Crippen LogP contribution is 2.21. The second-order valence-electron chi connectivity index (χ2n) is 5.50. The van der Waals surface area contributed by atoms with Crippen molar-refractivity contribution in [1.82, 2.24) is 9.80 Å². The molecule has 4 nitrogen and oxygen atoms in total. The average molecular weight is 293 g/mol. The Kier molecular flexibility index (Phi) is 5.17. The lowest BCUT2D eigenvalue weighted by atomic mass is 10.1. The first-order chi connectivity index (χ1) is 10.1. The third-order valence-corrected chi connectivity index (χ3v) is 4.31. The second kappa shape index (κ2) is 6.89. The lowest BCUT2D eigenvalue weighted by molar-refractivity contribution is 0.0580. The van der Waals surface area contributed by atoms with Crippen LogP contribution in [0.1, 0.15) is 30.6 Å². The van der Waals surface area contributed by atoms with E-state index >= 15 is 0 Å². The van der Waals surface area contributed by atoms with Crippen molar-refractivity contribution in [2.75, 3.05) is 38.5 Å². The number of carbonyl (C=O) groups excluding carboxylic acids is 1. The van der Waals surface area contributed by atoms with Crippen LogP contribution in [0.5, 0.6) is 0 Å². The van der Waals surface area contributed by atoms with Crippen LogP contribution in [0.3, 0.4) is 0 Å². The largest absolute Gasteiger partial charge is 0.385 e. The Labute approximate surface area is 125 Å². The topological polar surface area (TPSA) is 35.6 Å². The van der Waals surface area contributed by atoms with E-state index in [-0.39, 0.29) is 17.4 Å². The summed E-state index contributed by atoms with van der Waals surface area (Å²) in [7, 11) is 1.63. The highest BCUT2D eigenvalue weighted by atomic mass is 19.1. The molecule has 0 saturated carbocycles. The number of carbonyl (C=O) groups is 1. The fraction of sp³-hybridized carbons (Fsp3) is 0.562. The van der Waals surface area contributed by atoms with E-state index in [0.29, 0.717) is 24.7 Å². The molecular formula is C16H24FN3O. The van der Waals surface area contributed by atoms with Gasteiger partial charge >= 0.3 is 0 Å². The first-order valence-corrected chi connectivity index (χ1v) is 7.58. The van der Waals surface area contributed by atoms with Gasteiger partial charge in [-0.3, -0.25) is 9.69 Å². The molecule has 1 saturated heterocycles. The Bertz CT molecular complexity index is 498. The summed E-state index contributed by atoms with van der Waals surface area (Å²) in [6, 6.07) is 5.17. The molecule has 5 heteroatoms. The van der Waals surface area contributed by atoms with Crippen molar-refractivity contribution in [3.63, 3.8) is 0 Å². The number of anilines is 1. The lowest BCUT2D eigenvalue weighted by Crippen LogP contribution is -2.51. The maximum atomic E-state index is 13.8. The van der Waals surface area contributed by atoms with Crippen molar-refractivity contribution >= 4 is 11.6 Å². The minimum Gasteiger partial charge on any atom is -0.385 e. The Morgan fingerprint density at radius 3 is 2.57 bits per heavy atom. The molecule has 2 rings (SSSR count). The number of hydrogen-bond acceptors (Lipinski definition) is 3. The van der Waals surface area contributed by atoms with Gasteiger partial charge in [-0.2, -0.15) is 0 Å².